The van der Waals surface area contributed by atoms with Gasteiger partial charge in [0.1, 0.15) is 5.58 Å². The number of piperidine rings is 1. The number of nitrogens with zero attached hydrogens (tertiary/aromatic N) is 3. The van der Waals surface area contributed by atoms with Crippen LogP contribution in [0, 0.1) is 13.8 Å². The van der Waals surface area contributed by atoms with Crippen LogP contribution in [0.1, 0.15) is 29.5 Å². The molecule has 3 rings (SSSR count). The summed E-state index contributed by atoms with van der Waals surface area (Å²) in [5.41, 5.74) is 4.33. The Morgan fingerprint density at radius 1 is 1.15 bits per heavy atom. The Bertz CT molecular complexity index is 788. The van der Waals surface area contributed by atoms with Crippen LogP contribution in [-0.4, -0.2) is 74.0 Å². The van der Waals surface area contributed by atoms with Crippen molar-refractivity contribution >= 4 is 16.9 Å². The summed E-state index contributed by atoms with van der Waals surface area (Å²) in [5.74, 6) is 0.215. The van der Waals surface area contributed by atoms with Crippen LogP contribution >= 0.6 is 0 Å². The topological polar surface area (TPSA) is 39.9 Å². The van der Waals surface area contributed by atoms with Crippen LogP contribution in [0.15, 0.2) is 22.8 Å². The monoisotopic (exact) mass is 371 g/mol. The fourth-order valence-corrected chi connectivity index (χ4v) is 3.86. The van der Waals surface area contributed by atoms with Gasteiger partial charge in [0.05, 0.1) is 12.7 Å². The number of likely N-dealkylation sites (N-methyl/N-ethyl adjacent to an activating group) is 1. The number of hydrogen-bond donors (Lipinski definition) is 0. The normalized spacial score (nSPS) is 16.4. The van der Waals surface area contributed by atoms with Crippen molar-refractivity contribution in [2.45, 2.75) is 39.2 Å². The molecule has 1 saturated heterocycles. The van der Waals surface area contributed by atoms with Gasteiger partial charge < -0.3 is 19.1 Å². The lowest BCUT2D eigenvalue weighted by molar-refractivity contribution is -0.133. The van der Waals surface area contributed by atoms with E-state index in [1.165, 1.54) is 11.1 Å². The first-order chi connectivity index (χ1) is 12.8. The lowest BCUT2D eigenvalue weighted by atomic mass is 10.0. The van der Waals surface area contributed by atoms with Crippen LogP contribution in [0.3, 0.4) is 0 Å². The molecule has 27 heavy (non-hydrogen) atoms. The average molecular weight is 372 g/mol. The van der Waals surface area contributed by atoms with Crippen LogP contribution in [0.5, 0.6) is 0 Å². The molecule has 2 aromatic rings. The Kier molecular flexibility index (Phi) is 6.22. The predicted molar refractivity (Wildman–Crippen MR) is 110 cm³/mol. The Hall–Kier alpha value is -1.85. The molecule has 1 aromatic heterocycles. The fraction of sp³-hybridized carbons (Fsp3) is 0.591. The molecule has 0 bridgehead atoms. The molecule has 0 radical (unpaired) electrons. The number of benzene rings is 1. The smallest absolute Gasteiger partial charge is 0.227 e. The quantitative estimate of drug-likeness (QED) is 0.782. The minimum atomic E-state index is 0.215. The molecule has 0 atom stereocenters. The Morgan fingerprint density at radius 3 is 2.48 bits per heavy atom. The molecular formula is C22H33N3O2. The molecule has 0 spiro atoms. The molecule has 2 heterocycles. The van der Waals surface area contributed by atoms with Gasteiger partial charge in [0.25, 0.3) is 0 Å². The first-order valence-corrected chi connectivity index (χ1v) is 9.95. The van der Waals surface area contributed by atoms with Crippen LogP contribution in [0.2, 0.25) is 0 Å². The second-order valence-electron chi connectivity index (χ2n) is 8.30. The lowest BCUT2D eigenvalue weighted by Crippen LogP contribution is -2.49. The zero-order valence-electron chi connectivity index (χ0n) is 17.4. The molecule has 1 fully saturated rings. The van der Waals surface area contributed by atoms with Crippen molar-refractivity contribution in [3.8, 4) is 0 Å². The zero-order valence-corrected chi connectivity index (χ0v) is 17.4. The first-order valence-electron chi connectivity index (χ1n) is 9.95. The highest BCUT2D eigenvalue weighted by Crippen LogP contribution is 2.26. The summed E-state index contributed by atoms with van der Waals surface area (Å²) < 4.78 is 5.74. The number of carbonyl (C=O) groups is 1. The first kappa shape index (κ1) is 19.9. The highest BCUT2D eigenvalue weighted by Gasteiger charge is 2.27. The minimum Gasteiger partial charge on any atom is -0.464 e. The van der Waals surface area contributed by atoms with Gasteiger partial charge >= 0.3 is 0 Å². The van der Waals surface area contributed by atoms with Crippen LogP contribution in [-0.2, 0) is 11.2 Å². The standard InChI is InChI=1S/C22H33N3O2/c1-16-12-20-18(15-27-21(20)13-17(16)2)14-22(26)25(11-10-23(3)4)19-6-8-24(5)9-7-19/h12-13,15,19H,6-11,14H2,1-5H3. The summed E-state index contributed by atoms with van der Waals surface area (Å²) in [7, 11) is 6.28. The number of fused-ring (bicyclic) bond motifs is 1. The Morgan fingerprint density at radius 2 is 1.81 bits per heavy atom. The van der Waals surface area contributed by atoms with E-state index in [0.717, 1.165) is 55.6 Å². The molecule has 1 aliphatic rings. The van der Waals surface area contributed by atoms with Gasteiger partial charge in [-0.2, -0.15) is 0 Å². The van der Waals surface area contributed by atoms with Gasteiger partial charge in [-0.25, -0.2) is 0 Å². The van der Waals surface area contributed by atoms with Gasteiger partial charge in [-0.15, -0.1) is 0 Å². The molecule has 5 heteroatoms. The maximum Gasteiger partial charge on any atom is 0.227 e. The second kappa shape index (κ2) is 8.44. The van der Waals surface area contributed by atoms with E-state index in [-0.39, 0.29) is 5.91 Å². The number of likely N-dealkylation sites (tertiary alicyclic amines) is 1. The van der Waals surface area contributed by atoms with E-state index in [2.05, 4.69) is 61.8 Å². The third kappa shape index (κ3) is 4.71. The van der Waals surface area contributed by atoms with E-state index in [1.54, 1.807) is 6.26 Å². The maximum absolute atomic E-state index is 13.3. The molecule has 1 aromatic carbocycles. The van der Waals surface area contributed by atoms with Gasteiger partial charge in [-0.1, -0.05) is 0 Å². The minimum absolute atomic E-state index is 0.215. The van der Waals surface area contributed by atoms with Gasteiger partial charge in [0.15, 0.2) is 0 Å². The average Bonchev–Trinajstić information content (AvgIpc) is 2.98. The number of furan rings is 1. The van der Waals surface area contributed by atoms with Crippen molar-refractivity contribution < 1.29 is 9.21 Å². The van der Waals surface area contributed by atoms with Crippen LogP contribution in [0.25, 0.3) is 11.0 Å². The lowest BCUT2D eigenvalue weighted by Gasteiger charge is -2.38. The predicted octanol–water partition coefficient (Wildman–Crippen LogP) is 3.08. The van der Waals surface area contributed by atoms with Crippen LogP contribution < -0.4 is 0 Å². The van der Waals surface area contributed by atoms with E-state index < -0.39 is 0 Å². The number of rotatable bonds is 6. The molecule has 1 aliphatic heterocycles. The van der Waals surface area contributed by atoms with E-state index in [1.807, 2.05) is 0 Å². The molecule has 5 nitrogen and oxygen atoms in total. The molecule has 1 amide bonds. The van der Waals surface area contributed by atoms with E-state index >= 15 is 0 Å². The second-order valence-corrected chi connectivity index (χ2v) is 8.30. The Balaban J connectivity index is 1.78. The van der Waals surface area contributed by atoms with Crippen molar-refractivity contribution in [1.82, 2.24) is 14.7 Å². The fourth-order valence-electron chi connectivity index (χ4n) is 3.86. The van der Waals surface area contributed by atoms with Gasteiger partial charge in [0, 0.05) is 30.1 Å². The third-order valence-corrected chi connectivity index (χ3v) is 5.85. The molecule has 0 saturated carbocycles. The summed E-state index contributed by atoms with van der Waals surface area (Å²) in [5, 5.41) is 1.07. The van der Waals surface area contributed by atoms with Crippen molar-refractivity contribution in [3.63, 3.8) is 0 Å². The molecular weight excluding hydrogens is 338 g/mol. The van der Waals surface area contributed by atoms with Crippen LogP contribution in [0.4, 0.5) is 0 Å². The summed E-state index contributed by atoms with van der Waals surface area (Å²) in [4.78, 5) is 19.9. The summed E-state index contributed by atoms with van der Waals surface area (Å²) >= 11 is 0. The molecule has 0 N–H and O–H groups in total. The summed E-state index contributed by atoms with van der Waals surface area (Å²) in [6.45, 7) is 7.99. The SMILES string of the molecule is Cc1cc2occ(CC(=O)N(CCN(C)C)C3CCN(C)CC3)c2cc1C. The van der Waals surface area contributed by atoms with E-state index in [9.17, 15) is 4.79 Å². The van der Waals surface area contributed by atoms with Crippen molar-refractivity contribution in [2.24, 2.45) is 0 Å². The molecule has 0 unspecified atom stereocenters. The number of aryl methyl sites for hydroxylation is 2. The maximum atomic E-state index is 13.3. The van der Waals surface area contributed by atoms with Crippen molar-refractivity contribution in [1.29, 1.82) is 0 Å². The molecule has 0 aliphatic carbocycles. The zero-order chi connectivity index (χ0) is 19.6. The Labute approximate surface area is 162 Å². The van der Waals surface area contributed by atoms with Gasteiger partial charge in [-0.05, 0) is 84.2 Å². The summed E-state index contributed by atoms with van der Waals surface area (Å²) in [6.07, 6.45) is 4.29. The number of hydrogen-bond acceptors (Lipinski definition) is 4. The van der Waals surface area contributed by atoms with Gasteiger partial charge in [-0.3, -0.25) is 4.79 Å². The summed E-state index contributed by atoms with van der Waals surface area (Å²) in [6, 6.07) is 4.56. The number of amides is 1. The van der Waals surface area contributed by atoms with E-state index in [0.29, 0.717) is 12.5 Å². The largest absolute Gasteiger partial charge is 0.464 e. The number of carbonyl (C=O) groups excluding carboxylic acids is 1. The van der Waals surface area contributed by atoms with Crippen molar-refractivity contribution in [3.05, 3.63) is 35.1 Å². The molecule has 148 valence electrons. The van der Waals surface area contributed by atoms with E-state index in [4.69, 9.17) is 4.42 Å². The highest BCUT2D eigenvalue weighted by atomic mass is 16.3. The van der Waals surface area contributed by atoms with Gasteiger partial charge in [0.2, 0.25) is 5.91 Å². The third-order valence-electron chi connectivity index (χ3n) is 5.85. The highest BCUT2D eigenvalue weighted by molar-refractivity contribution is 5.88. The van der Waals surface area contributed by atoms with Crippen molar-refractivity contribution in [2.75, 3.05) is 47.3 Å².